The van der Waals surface area contributed by atoms with Crippen molar-refractivity contribution >= 4 is 34.6 Å². The highest BCUT2D eigenvalue weighted by molar-refractivity contribution is 7.09. The predicted molar refractivity (Wildman–Crippen MR) is 161 cm³/mol. The molecule has 0 saturated carbocycles. The molecule has 0 aliphatic carbocycles. The van der Waals surface area contributed by atoms with E-state index in [1.807, 2.05) is 39.4 Å². The van der Waals surface area contributed by atoms with Gasteiger partial charge in [0, 0.05) is 61.8 Å². The molecule has 11 heteroatoms. The van der Waals surface area contributed by atoms with Crippen LogP contribution in [0.25, 0.3) is 0 Å². The smallest absolute Gasteiger partial charge is 0.273 e. The average molecular weight is 593 g/mol. The van der Waals surface area contributed by atoms with Crippen LogP contribution in [0.4, 0.5) is 5.69 Å². The van der Waals surface area contributed by atoms with Gasteiger partial charge in [-0.3, -0.25) is 14.4 Å². The number of rotatable bonds is 8. The maximum absolute atomic E-state index is 13.4. The Morgan fingerprint density at radius 3 is 2.02 bits per heavy atom. The minimum atomic E-state index is -0.116. The fourth-order valence-corrected chi connectivity index (χ4v) is 6.54. The third kappa shape index (κ3) is 5.92. The lowest BCUT2D eigenvalue weighted by Gasteiger charge is -2.36. The maximum Gasteiger partial charge on any atom is 0.273 e. The van der Waals surface area contributed by atoms with Crippen LogP contribution in [0, 0.1) is 0 Å². The second-order valence-electron chi connectivity index (χ2n) is 10.4. The molecule has 222 valence electrons. The number of anilines is 1. The second kappa shape index (κ2) is 12.8. The first-order chi connectivity index (χ1) is 20.3. The lowest BCUT2D eigenvalue weighted by Crippen LogP contribution is -2.48. The average Bonchev–Trinajstić information content (AvgIpc) is 3.54. The number of amides is 2. The first-order valence-electron chi connectivity index (χ1n) is 14.0. The van der Waals surface area contributed by atoms with E-state index in [1.165, 1.54) is 25.6 Å². The van der Waals surface area contributed by atoms with Crippen molar-refractivity contribution in [3.05, 3.63) is 63.6 Å². The van der Waals surface area contributed by atoms with Crippen LogP contribution in [-0.2, 0) is 0 Å². The number of hydrogen-bond donors (Lipinski definition) is 0. The summed E-state index contributed by atoms with van der Waals surface area (Å²) in [5, 5.41) is 2.80. The number of nitrogens with zero attached hydrogens (tertiary/aromatic N) is 4. The Morgan fingerprint density at radius 1 is 0.786 bits per heavy atom. The Bertz CT molecular complexity index is 1440. The molecule has 10 nitrogen and oxygen atoms in total. The summed E-state index contributed by atoms with van der Waals surface area (Å²) >= 11 is 1.52. The van der Waals surface area contributed by atoms with Gasteiger partial charge < -0.3 is 28.9 Å². The Balaban J connectivity index is 1.16. The number of piperidine rings is 1. The Kier molecular flexibility index (Phi) is 8.96. The quantitative estimate of drug-likeness (QED) is 0.356. The van der Waals surface area contributed by atoms with Gasteiger partial charge in [0.2, 0.25) is 5.75 Å². The summed E-state index contributed by atoms with van der Waals surface area (Å²) in [7, 11) is 4.57. The molecule has 2 aliphatic heterocycles. The summed E-state index contributed by atoms with van der Waals surface area (Å²) in [5.41, 5.74) is 2.67. The molecule has 2 saturated heterocycles. The first-order valence-corrected chi connectivity index (χ1v) is 14.9. The van der Waals surface area contributed by atoms with Crippen molar-refractivity contribution in [3.63, 3.8) is 0 Å². The van der Waals surface area contributed by atoms with E-state index in [9.17, 15) is 14.4 Å². The van der Waals surface area contributed by atoms with Gasteiger partial charge in [-0.15, -0.1) is 11.3 Å². The normalized spacial score (nSPS) is 15.9. The number of aromatic nitrogens is 1. The Labute approximate surface area is 249 Å². The fourth-order valence-electron chi connectivity index (χ4n) is 5.58. The highest BCUT2D eigenvalue weighted by Crippen LogP contribution is 2.41. The van der Waals surface area contributed by atoms with Gasteiger partial charge in [0.1, 0.15) is 5.69 Å². The van der Waals surface area contributed by atoms with Crippen LogP contribution in [0.2, 0.25) is 0 Å². The summed E-state index contributed by atoms with van der Waals surface area (Å²) < 4.78 is 16.3. The van der Waals surface area contributed by atoms with E-state index in [4.69, 9.17) is 19.2 Å². The molecule has 0 spiro atoms. The molecule has 2 amide bonds. The Hall–Kier alpha value is -4.12. The number of piperazine rings is 1. The molecular weight excluding hydrogens is 556 g/mol. The van der Waals surface area contributed by atoms with Gasteiger partial charge in [0.25, 0.3) is 11.8 Å². The van der Waals surface area contributed by atoms with Crippen molar-refractivity contribution in [3.8, 4) is 17.2 Å². The topological polar surface area (TPSA) is 102 Å². The van der Waals surface area contributed by atoms with Crippen LogP contribution >= 0.6 is 11.3 Å². The molecule has 3 aromatic rings. The van der Waals surface area contributed by atoms with Crippen LogP contribution in [0.5, 0.6) is 17.2 Å². The number of hydrogen-bond acceptors (Lipinski definition) is 9. The number of benzene rings is 2. The third-order valence-corrected chi connectivity index (χ3v) is 9.02. The number of ketones is 1. The highest BCUT2D eigenvalue weighted by Gasteiger charge is 2.31. The molecule has 1 aromatic heterocycles. The minimum Gasteiger partial charge on any atom is -0.493 e. The molecule has 0 N–H and O–H groups in total. The number of ether oxygens (including phenoxy) is 3. The number of Topliss-reactive ketones (excluding diaryl/α,β-unsaturated/α-hetero) is 1. The lowest BCUT2D eigenvalue weighted by molar-refractivity contribution is 0.0708. The molecule has 0 atom stereocenters. The van der Waals surface area contributed by atoms with E-state index in [-0.39, 0.29) is 23.5 Å². The van der Waals surface area contributed by atoms with E-state index in [0.29, 0.717) is 60.2 Å². The highest BCUT2D eigenvalue weighted by atomic mass is 32.1. The molecule has 0 bridgehead atoms. The SMILES string of the molecule is COc1ccc(C(=O)N2CCC(c3nc(C(=O)N4CCN(c5ccc(C(C)=O)cc5)CC4)cs3)CC2)c(OC)c1OC. The van der Waals surface area contributed by atoms with Crippen molar-refractivity contribution in [1.29, 1.82) is 0 Å². The number of carbonyl (C=O) groups excluding carboxylic acids is 3. The summed E-state index contributed by atoms with van der Waals surface area (Å²) in [6.07, 6.45) is 1.53. The van der Waals surface area contributed by atoms with E-state index < -0.39 is 0 Å². The largest absolute Gasteiger partial charge is 0.493 e. The lowest BCUT2D eigenvalue weighted by atomic mass is 9.96. The number of thiazole rings is 1. The molecule has 0 radical (unpaired) electrons. The van der Waals surface area contributed by atoms with Gasteiger partial charge in [-0.05, 0) is 56.2 Å². The maximum atomic E-state index is 13.4. The van der Waals surface area contributed by atoms with E-state index in [0.717, 1.165) is 36.6 Å². The minimum absolute atomic E-state index is 0.0442. The third-order valence-electron chi connectivity index (χ3n) is 8.01. The van der Waals surface area contributed by atoms with Crippen LogP contribution in [-0.4, -0.2) is 93.0 Å². The number of carbonyl (C=O) groups is 3. The van der Waals surface area contributed by atoms with Crippen LogP contribution < -0.4 is 19.1 Å². The van der Waals surface area contributed by atoms with Gasteiger partial charge in [0.05, 0.1) is 31.9 Å². The van der Waals surface area contributed by atoms with Crippen LogP contribution in [0.3, 0.4) is 0 Å². The predicted octanol–water partition coefficient (Wildman–Crippen LogP) is 4.35. The van der Waals surface area contributed by atoms with Crippen molar-refractivity contribution in [2.75, 3.05) is 65.5 Å². The zero-order chi connectivity index (χ0) is 29.8. The summed E-state index contributed by atoms with van der Waals surface area (Å²) in [6.45, 7) is 5.39. The zero-order valence-electron chi connectivity index (χ0n) is 24.4. The fraction of sp³-hybridized carbons (Fsp3) is 0.419. The van der Waals surface area contributed by atoms with Crippen molar-refractivity contribution in [2.45, 2.75) is 25.7 Å². The molecular formula is C31H36N4O6S. The summed E-state index contributed by atoms with van der Waals surface area (Å²) in [5.74, 6) is 1.34. The van der Waals surface area contributed by atoms with Crippen LogP contribution in [0.15, 0.2) is 41.8 Å². The van der Waals surface area contributed by atoms with Gasteiger partial charge >= 0.3 is 0 Å². The van der Waals surface area contributed by atoms with E-state index in [2.05, 4.69) is 4.90 Å². The van der Waals surface area contributed by atoms with Crippen LogP contribution in [0.1, 0.15) is 61.9 Å². The second-order valence-corrected chi connectivity index (χ2v) is 11.3. The van der Waals surface area contributed by atoms with Gasteiger partial charge in [-0.1, -0.05) is 0 Å². The van der Waals surface area contributed by atoms with Crippen molar-refractivity contribution < 1.29 is 28.6 Å². The van der Waals surface area contributed by atoms with Gasteiger partial charge in [0.15, 0.2) is 17.3 Å². The molecule has 2 aromatic carbocycles. The van der Waals surface area contributed by atoms with Crippen molar-refractivity contribution in [2.24, 2.45) is 0 Å². The van der Waals surface area contributed by atoms with E-state index in [1.54, 1.807) is 26.2 Å². The first kappa shape index (κ1) is 29.4. The van der Waals surface area contributed by atoms with Crippen molar-refractivity contribution in [1.82, 2.24) is 14.8 Å². The van der Waals surface area contributed by atoms with Gasteiger partial charge in [-0.25, -0.2) is 4.98 Å². The zero-order valence-corrected chi connectivity index (χ0v) is 25.2. The van der Waals surface area contributed by atoms with E-state index >= 15 is 0 Å². The number of methoxy groups -OCH3 is 3. The standard InChI is InChI=1S/C31H36N4O6S/c1-20(36)21-5-7-23(8-6-21)33-15-17-35(18-16-33)31(38)25-19-42-29(32-25)22-11-13-34(14-12-22)30(37)24-9-10-26(39-2)28(41-4)27(24)40-3/h5-10,19,22H,11-18H2,1-4H3. The van der Waals surface area contributed by atoms with Gasteiger partial charge in [-0.2, -0.15) is 0 Å². The molecule has 3 heterocycles. The summed E-state index contributed by atoms with van der Waals surface area (Å²) in [6, 6.07) is 11.0. The molecule has 5 rings (SSSR count). The molecule has 42 heavy (non-hydrogen) atoms. The monoisotopic (exact) mass is 592 g/mol. The summed E-state index contributed by atoms with van der Waals surface area (Å²) in [4.78, 5) is 48.8. The molecule has 2 fully saturated rings. The molecule has 2 aliphatic rings. The molecule has 0 unspecified atom stereocenters. The Morgan fingerprint density at radius 2 is 1.43 bits per heavy atom. The number of likely N-dealkylation sites (tertiary alicyclic amines) is 1.